The molecule has 76 valence electrons. The number of hydrogen-bond donors (Lipinski definition) is 0. The van der Waals surface area contributed by atoms with Gasteiger partial charge in [0.2, 0.25) is 0 Å². The van der Waals surface area contributed by atoms with Gasteiger partial charge in [0.1, 0.15) is 0 Å². The molecule has 1 rings (SSSR count). The zero-order chi connectivity index (χ0) is 11.1. The number of ketones is 1. The van der Waals surface area contributed by atoms with Crippen LogP contribution in [0.15, 0.2) is 66.8 Å². The Bertz CT molecular complexity index is 397. The minimum Gasteiger partial charge on any atom is -0.289 e. The van der Waals surface area contributed by atoms with Crippen molar-refractivity contribution in [1.82, 2.24) is 0 Å². The van der Waals surface area contributed by atoms with Gasteiger partial charge < -0.3 is 0 Å². The van der Waals surface area contributed by atoms with E-state index in [4.69, 9.17) is 0 Å². The van der Waals surface area contributed by atoms with Gasteiger partial charge in [-0.05, 0) is 6.92 Å². The number of Topliss-reactive ketones (excluding diaryl/α,β-unsaturated/α-hetero) is 1. The summed E-state index contributed by atoms with van der Waals surface area (Å²) in [5.74, 6) is 0.0381. The van der Waals surface area contributed by atoms with E-state index in [9.17, 15) is 4.79 Å². The molecule has 1 nitrogen and oxygen atoms in total. The van der Waals surface area contributed by atoms with Crippen LogP contribution >= 0.6 is 0 Å². The van der Waals surface area contributed by atoms with Crippen LogP contribution in [0.25, 0.3) is 0 Å². The fraction of sp³-hybridized carbons (Fsp3) is 0.0714. The Morgan fingerprint density at radius 2 is 1.93 bits per heavy atom. The van der Waals surface area contributed by atoms with Crippen molar-refractivity contribution in [3.63, 3.8) is 0 Å². The van der Waals surface area contributed by atoms with Gasteiger partial charge in [0, 0.05) is 11.1 Å². The summed E-state index contributed by atoms with van der Waals surface area (Å²) in [6.07, 6.45) is 6.98. The normalized spacial score (nSPS) is 11.7. The molecule has 0 amide bonds. The Balaban J connectivity index is 2.93. The molecular formula is C14H14O. The lowest BCUT2D eigenvalue weighted by Crippen LogP contribution is -2.00. The number of rotatable bonds is 4. The summed E-state index contributed by atoms with van der Waals surface area (Å²) in [6.45, 7) is 5.42. The van der Waals surface area contributed by atoms with Crippen molar-refractivity contribution in [1.29, 1.82) is 0 Å². The molecule has 0 radical (unpaired) electrons. The van der Waals surface area contributed by atoms with Crippen molar-refractivity contribution in [2.75, 3.05) is 0 Å². The second-order valence-corrected chi connectivity index (χ2v) is 3.03. The number of benzene rings is 1. The third kappa shape index (κ3) is 3.06. The van der Waals surface area contributed by atoms with Crippen LogP contribution in [0.3, 0.4) is 0 Å². The number of carbonyl (C=O) groups is 1. The number of hydrogen-bond acceptors (Lipinski definition) is 1. The van der Waals surface area contributed by atoms with Gasteiger partial charge in [-0.3, -0.25) is 4.79 Å². The van der Waals surface area contributed by atoms with E-state index in [1.807, 2.05) is 37.3 Å². The fourth-order valence-corrected chi connectivity index (χ4v) is 1.23. The van der Waals surface area contributed by atoms with Gasteiger partial charge in [-0.2, -0.15) is 0 Å². The second kappa shape index (κ2) is 5.76. The summed E-state index contributed by atoms with van der Waals surface area (Å²) in [5, 5.41) is 0. The van der Waals surface area contributed by atoms with Crippen LogP contribution < -0.4 is 0 Å². The van der Waals surface area contributed by atoms with Gasteiger partial charge in [-0.25, -0.2) is 0 Å². The standard InChI is InChI=1S/C14H14O/c1-3-5-9-12(4-2)14(15)13-10-7-6-8-11-13/h3-11H,1H2,2H3/b9-5?,12-4+. The molecule has 0 aliphatic carbocycles. The zero-order valence-corrected chi connectivity index (χ0v) is 8.81. The van der Waals surface area contributed by atoms with E-state index in [1.165, 1.54) is 0 Å². The number of allylic oxidation sites excluding steroid dienone is 5. The third-order valence-electron chi connectivity index (χ3n) is 2.02. The van der Waals surface area contributed by atoms with Crippen LogP contribution in [0, 0.1) is 0 Å². The Labute approximate surface area is 90.4 Å². The van der Waals surface area contributed by atoms with Crippen molar-refractivity contribution >= 4 is 5.78 Å². The highest BCUT2D eigenvalue weighted by Gasteiger charge is 2.07. The highest BCUT2D eigenvalue weighted by Crippen LogP contribution is 2.09. The molecule has 1 aromatic carbocycles. The van der Waals surface area contributed by atoms with E-state index in [2.05, 4.69) is 6.58 Å². The predicted octanol–water partition coefficient (Wildman–Crippen LogP) is 3.56. The highest BCUT2D eigenvalue weighted by molar-refractivity contribution is 6.10. The van der Waals surface area contributed by atoms with Gasteiger partial charge in [-0.1, -0.05) is 61.2 Å². The van der Waals surface area contributed by atoms with Crippen molar-refractivity contribution in [2.45, 2.75) is 6.92 Å². The molecule has 0 N–H and O–H groups in total. The van der Waals surface area contributed by atoms with Gasteiger partial charge in [-0.15, -0.1) is 0 Å². The van der Waals surface area contributed by atoms with Crippen molar-refractivity contribution < 1.29 is 4.79 Å². The maximum absolute atomic E-state index is 11.9. The SMILES string of the molecule is C=CC=C/C(=C\C)C(=O)c1ccccc1. The monoisotopic (exact) mass is 198 g/mol. The molecule has 1 heteroatoms. The van der Waals surface area contributed by atoms with Crippen LogP contribution in [-0.2, 0) is 0 Å². The molecule has 0 aliphatic heterocycles. The lowest BCUT2D eigenvalue weighted by molar-refractivity contribution is 0.103. The van der Waals surface area contributed by atoms with E-state index in [0.29, 0.717) is 11.1 Å². The Hall–Kier alpha value is -1.89. The average Bonchev–Trinajstić information content (AvgIpc) is 2.31. The van der Waals surface area contributed by atoms with Crippen molar-refractivity contribution in [2.24, 2.45) is 0 Å². The first-order valence-corrected chi connectivity index (χ1v) is 4.84. The summed E-state index contributed by atoms with van der Waals surface area (Å²) in [5.41, 5.74) is 1.39. The highest BCUT2D eigenvalue weighted by atomic mass is 16.1. The van der Waals surface area contributed by atoms with Gasteiger partial charge >= 0.3 is 0 Å². The maximum Gasteiger partial charge on any atom is 0.192 e. The smallest absolute Gasteiger partial charge is 0.192 e. The van der Waals surface area contributed by atoms with E-state index < -0.39 is 0 Å². The third-order valence-corrected chi connectivity index (χ3v) is 2.02. The molecule has 1 aromatic rings. The van der Waals surface area contributed by atoms with Crippen LogP contribution in [0.5, 0.6) is 0 Å². The zero-order valence-electron chi connectivity index (χ0n) is 8.81. The molecule has 0 spiro atoms. The predicted molar refractivity (Wildman–Crippen MR) is 63.9 cm³/mol. The van der Waals surface area contributed by atoms with Crippen LogP contribution in [0.2, 0.25) is 0 Å². The fourth-order valence-electron chi connectivity index (χ4n) is 1.23. The lowest BCUT2D eigenvalue weighted by Gasteiger charge is -2.00. The summed E-state index contributed by atoms with van der Waals surface area (Å²) in [6, 6.07) is 9.24. The molecular weight excluding hydrogens is 184 g/mol. The first kappa shape index (κ1) is 11.2. The first-order chi connectivity index (χ1) is 7.29. The van der Waals surface area contributed by atoms with Gasteiger partial charge in [0.05, 0.1) is 0 Å². The molecule has 0 heterocycles. The van der Waals surface area contributed by atoms with E-state index >= 15 is 0 Å². The quantitative estimate of drug-likeness (QED) is 0.410. The summed E-state index contributed by atoms with van der Waals surface area (Å²) >= 11 is 0. The summed E-state index contributed by atoms with van der Waals surface area (Å²) < 4.78 is 0. The Morgan fingerprint density at radius 3 is 2.47 bits per heavy atom. The second-order valence-electron chi connectivity index (χ2n) is 3.03. The van der Waals surface area contributed by atoms with E-state index in [0.717, 1.165) is 0 Å². The van der Waals surface area contributed by atoms with Crippen molar-refractivity contribution in [3.8, 4) is 0 Å². The Morgan fingerprint density at radius 1 is 1.27 bits per heavy atom. The molecule has 0 saturated heterocycles. The van der Waals surface area contributed by atoms with Crippen LogP contribution in [0.4, 0.5) is 0 Å². The minimum atomic E-state index is 0.0381. The molecule has 0 saturated carbocycles. The first-order valence-electron chi connectivity index (χ1n) is 4.84. The number of carbonyl (C=O) groups excluding carboxylic acids is 1. The molecule has 0 atom stereocenters. The lowest BCUT2D eigenvalue weighted by atomic mass is 10.0. The van der Waals surface area contributed by atoms with Crippen LogP contribution in [0.1, 0.15) is 17.3 Å². The molecule has 15 heavy (non-hydrogen) atoms. The average molecular weight is 198 g/mol. The molecule has 0 unspecified atom stereocenters. The summed E-state index contributed by atoms with van der Waals surface area (Å²) in [4.78, 5) is 11.9. The topological polar surface area (TPSA) is 17.1 Å². The molecule has 0 aromatic heterocycles. The van der Waals surface area contributed by atoms with Gasteiger partial charge in [0.15, 0.2) is 5.78 Å². The van der Waals surface area contributed by atoms with Crippen molar-refractivity contribution in [3.05, 3.63) is 72.4 Å². The Kier molecular flexibility index (Phi) is 4.30. The van der Waals surface area contributed by atoms with E-state index in [-0.39, 0.29) is 5.78 Å². The van der Waals surface area contributed by atoms with E-state index in [1.54, 1.807) is 24.3 Å². The minimum absolute atomic E-state index is 0.0381. The molecule has 0 aliphatic rings. The largest absolute Gasteiger partial charge is 0.289 e. The molecule has 0 fully saturated rings. The maximum atomic E-state index is 11.9. The molecule has 0 bridgehead atoms. The summed E-state index contributed by atoms with van der Waals surface area (Å²) in [7, 11) is 0. The van der Waals surface area contributed by atoms with Gasteiger partial charge in [0.25, 0.3) is 0 Å². The van der Waals surface area contributed by atoms with Crippen LogP contribution in [-0.4, -0.2) is 5.78 Å².